The van der Waals surface area contributed by atoms with E-state index >= 15 is 0 Å². The van der Waals surface area contributed by atoms with Crippen molar-refractivity contribution in [1.29, 1.82) is 0 Å². The topological polar surface area (TPSA) is 194 Å². The van der Waals surface area contributed by atoms with Crippen molar-refractivity contribution in [1.82, 2.24) is 21.3 Å². The van der Waals surface area contributed by atoms with Crippen LogP contribution in [0, 0.1) is 5.92 Å². The minimum Gasteiger partial charge on any atom is -0.481 e. The highest BCUT2D eigenvalue weighted by Gasteiger charge is 2.34. The van der Waals surface area contributed by atoms with Gasteiger partial charge >= 0.3 is 11.9 Å². The van der Waals surface area contributed by atoms with Crippen LogP contribution in [-0.2, 0) is 24.0 Å². The second-order valence-electron chi connectivity index (χ2n) is 7.94. The zero-order chi connectivity index (χ0) is 23.7. The summed E-state index contributed by atoms with van der Waals surface area (Å²) in [7, 11) is 0. The summed E-state index contributed by atoms with van der Waals surface area (Å²) < 4.78 is 0. The van der Waals surface area contributed by atoms with E-state index in [-0.39, 0.29) is 18.2 Å². The fourth-order valence-corrected chi connectivity index (χ4v) is 3.13. The van der Waals surface area contributed by atoms with E-state index in [0.717, 1.165) is 6.42 Å². The van der Waals surface area contributed by atoms with Gasteiger partial charge in [-0.3, -0.25) is 19.2 Å². The normalized spacial score (nSPS) is 19.7. The quantitative estimate of drug-likeness (QED) is 0.181. The van der Waals surface area contributed by atoms with Gasteiger partial charge in [0, 0.05) is 6.42 Å². The van der Waals surface area contributed by atoms with E-state index in [1.807, 2.05) is 0 Å². The van der Waals surface area contributed by atoms with E-state index in [1.165, 1.54) is 6.92 Å². The van der Waals surface area contributed by atoms with Gasteiger partial charge in [-0.25, -0.2) is 4.79 Å². The molecule has 3 amide bonds. The molecule has 31 heavy (non-hydrogen) atoms. The summed E-state index contributed by atoms with van der Waals surface area (Å²) in [5, 5.41) is 38.0. The first kappa shape index (κ1) is 26.3. The van der Waals surface area contributed by atoms with Crippen molar-refractivity contribution in [2.75, 3.05) is 6.54 Å². The van der Waals surface area contributed by atoms with Gasteiger partial charge in [0.25, 0.3) is 0 Å². The number of carbonyl (C=O) groups is 5. The van der Waals surface area contributed by atoms with Crippen molar-refractivity contribution in [3.63, 3.8) is 0 Å². The van der Waals surface area contributed by atoms with E-state index in [1.54, 1.807) is 13.8 Å². The number of aliphatic hydroxyl groups is 1. The molecule has 1 fully saturated rings. The molecule has 1 rings (SSSR count). The van der Waals surface area contributed by atoms with Gasteiger partial charge in [0.1, 0.15) is 18.1 Å². The molecule has 0 radical (unpaired) electrons. The minimum atomic E-state index is -1.50. The summed E-state index contributed by atoms with van der Waals surface area (Å²) in [5.41, 5.74) is 0. The van der Waals surface area contributed by atoms with E-state index < -0.39 is 60.4 Å². The summed E-state index contributed by atoms with van der Waals surface area (Å²) in [6, 6.07) is -4.39. The van der Waals surface area contributed by atoms with Crippen LogP contribution < -0.4 is 21.3 Å². The third kappa shape index (κ3) is 8.50. The van der Waals surface area contributed by atoms with Gasteiger partial charge in [0.2, 0.25) is 17.7 Å². The molecule has 1 aliphatic heterocycles. The van der Waals surface area contributed by atoms with Crippen molar-refractivity contribution in [2.45, 2.75) is 76.7 Å². The van der Waals surface area contributed by atoms with Gasteiger partial charge in [0.15, 0.2) is 0 Å². The molecule has 0 aliphatic carbocycles. The lowest BCUT2D eigenvalue weighted by molar-refractivity contribution is -0.144. The van der Waals surface area contributed by atoms with Crippen LogP contribution in [-0.4, -0.2) is 81.8 Å². The predicted octanol–water partition coefficient (Wildman–Crippen LogP) is -1.82. The molecule has 12 heteroatoms. The van der Waals surface area contributed by atoms with Crippen molar-refractivity contribution < 1.29 is 39.3 Å². The molecule has 7 N–H and O–H groups in total. The Morgan fingerprint density at radius 1 is 0.968 bits per heavy atom. The van der Waals surface area contributed by atoms with Crippen molar-refractivity contribution >= 4 is 29.7 Å². The summed E-state index contributed by atoms with van der Waals surface area (Å²) in [4.78, 5) is 59.6. The van der Waals surface area contributed by atoms with Crippen molar-refractivity contribution in [2.24, 2.45) is 5.92 Å². The average molecular weight is 444 g/mol. The highest BCUT2D eigenvalue weighted by Crippen LogP contribution is 2.09. The van der Waals surface area contributed by atoms with Crippen LogP contribution in [0.1, 0.15) is 46.5 Å². The number of rotatable bonds is 12. The highest BCUT2D eigenvalue weighted by molar-refractivity contribution is 5.94. The monoisotopic (exact) mass is 444 g/mol. The number of hydrogen-bond donors (Lipinski definition) is 7. The maximum absolute atomic E-state index is 12.8. The Labute approximate surface area is 180 Å². The number of nitrogens with one attached hydrogen (secondary N) is 4. The van der Waals surface area contributed by atoms with Crippen LogP contribution in [0.25, 0.3) is 0 Å². The first-order valence-corrected chi connectivity index (χ1v) is 10.2. The van der Waals surface area contributed by atoms with E-state index in [9.17, 15) is 34.2 Å². The lowest BCUT2D eigenvalue weighted by Gasteiger charge is -2.28. The molecule has 0 bridgehead atoms. The molecule has 5 unspecified atom stereocenters. The summed E-state index contributed by atoms with van der Waals surface area (Å²) in [6.45, 7) is 5.35. The van der Waals surface area contributed by atoms with Crippen molar-refractivity contribution in [3.8, 4) is 0 Å². The lowest BCUT2D eigenvalue weighted by atomic mass is 10.0. The second kappa shape index (κ2) is 12.2. The fraction of sp³-hybridized carbons (Fsp3) is 0.737. The van der Waals surface area contributed by atoms with Crippen molar-refractivity contribution in [3.05, 3.63) is 0 Å². The Kier molecular flexibility index (Phi) is 10.4. The van der Waals surface area contributed by atoms with Crippen LogP contribution in [0.2, 0.25) is 0 Å². The number of amides is 3. The maximum atomic E-state index is 12.8. The Hall–Kier alpha value is -2.73. The first-order valence-electron chi connectivity index (χ1n) is 10.2. The number of hydrogen-bond acceptors (Lipinski definition) is 7. The Morgan fingerprint density at radius 3 is 2.03 bits per heavy atom. The number of carboxylic acid groups (broad SMARTS) is 2. The summed E-state index contributed by atoms with van der Waals surface area (Å²) >= 11 is 0. The molecular weight excluding hydrogens is 412 g/mol. The highest BCUT2D eigenvalue weighted by atomic mass is 16.4. The van der Waals surface area contributed by atoms with Crippen LogP contribution in [0.5, 0.6) is 0 Å². The number of carbonyl (C=O) groups excluding carboxylic acids is 3. The molecule has 0 aromatic heterocycles. The molecule has 0 aromatic rings. The zero-order valence-electron chi connectivity index (χ0n) is 17.9. The van der Waals surface area contributed by atoms with Gasteiger partial charge in [-0.15, -0.1) is 0 Å². The molecule has 5 atom stereocenters. The van der Waals surface area contributed by atoms with Crippen LogP contribution >= 0.6 is 0 Å². The predicted molar refractivity (Wildman–Crippen MR) is 108 cm³/mol. The number of aliphatic hydroxyl groups excluding tert-OH is 1. The fourth-order valence-electron chi connectivity index (χ4n) is 3.13. The molecular formula is C19H32N4O8. The SMILES string of the molecule is CC(C)C(NC(=O)C1CCCN1)C(=O)NC(C(=O)NC(CCC(=O)O)C(=O)O)C(C)O. The summed E-state index contributed by atoms with van der Waals surface area (Å²) in [5.74, 6) is -5.03. The molecule has 1 aliphatic rings. The first-order chi connectivity index (χ1) is 14.4. The Bertz CT molecular complexity index is 676. The Balaban J connectivity index is 2.83. The van der Waals surface area contributed by atoms with Gasteiger partial charge in [-0.2, -0.15) is 0 Å². The van der Waals surface area contributed by atoms with Gasteiger partial charge in [-0.05, 0) is 38.6 Å². The van der Waals surface area contributed by atoms with E-state index in [2.05, 4.69) is 21.3 Å². The largest absolute Gasteiger partial charge is 0.481 e. The molecule has 0 aromatic carbocycles. The maximum Gasteiger partial charge on any atom is 0.326 e. The third-order valence-electron chi connectivity index (χ3n) is 4.95. The molecule has 0 saturated carbocycles. The van der Waals surface area contributed by atoms with Gasteiger partial charge in [-0.1, -0.05) is 13.8 Å². The number of carboxylic acids is 2. The standard InChI is InChI=1S/C19H32N4O8/c1-9(2)14(22-16(27)11-5-4-8-20-11)17(28)23-15(10(3)24)18(29)21-12(19(30)31)6-7-13(25)26/h9-12,14-15,20,24H,4-8H2,1-3H3,(H,21,29)(H,22,27)(H,23,28)(H,25,26)(H,30,31). The molecule has 176 valence electrons. The molecule has 1 saturated heterocycles. The molecule has 12 nitrogen and oxygen atoms in total. The molecule has 0 spiro atoms. The number of aliphatic carboxylic acids is 2. The Morgan fingerprint density at radius 2 is 1.58 bits per heavy atom. The van der Waals surface area contributed by atoms with Crippen LogP contribution in [0.15, 0.2) is 0 Å². The molecule has 1 heterocycles. The van der Waals surface area contributed by atoms with Gasteiger partial charge in [0.05, 0.1) is 12.1 Å². The summed E-state index contributed by atoms with van der Waals surface area (Å²) in [6.07, 6.45) is -0.745. The van der Waals surface area contributed by atoms with E-state index in [4.69, 9.17) is 5.11 Å². The minimum absolute atomic E-state index is 0.328. The van der Waals surface area contributed by atoms with Gasteiger partial charge < -0.3 is 36.6 Å². The lowest BCUT2D eigenvalue weighted by Crippen LogP contribution is -2.60. The zero-order valence-corrected chi connectivity index (χ0v) is 17.9. The average Bonchev–Trinajstić information content (AvgIpc) is 3.20. The van der Waals surface area contributed by atoms with Crippen LogP contribution in [0.4, 0.5) is 0 Å². The third-order valence-corrected chi connectivity index (χ3v) is 4.95. The second-order valence-corrected chi connectivity index (χ2v) is 7.94. The smallest absolute Gasteiger partial charge is 0.326 e. The van der Waals surface area contributed by atoms with Crippen LogP contribution in [0.3, 0.4) is 0 Å². The van der Waals surface area contributed by atoms with E-state index in [0.29, 0.717) is 13.0 Å².